The van der Waals surface area contributed by atoms with Crippen LogP contribution >= 0.6 is 11.6 Å². The van der Waals surface area contributed by atoms with E-state index in [-0.39, 0.29) is 17.5 Å². The van der Waals surface area contributed by atoms with Gasteiger partial charge in [0.15, 0.2) is 0 Å². The molecule has 0 aliphatic rings. The van der Waals surface area contributed by atoms with E-state index in [2.05, 4.69) is 12.2 Å². The highest BCUT2D eigenvalue weighted by atomic mass is 35.5. The minimum absolute atomic E-state index is 0.00176. The Hall–Kier alpha value is -0.640. The Kier molecular flexibility index (Phi) is 5.57. The molecule has 0 fully saturated rings. The van der Waals surface area contributed by atoms with Crippen molar-refractivity contribution in [1.29, 1.82) is 0 Å². The lowest BCUT2D eigenvalue weighted by atomic mass is 9.88. The van der Waals surface area contributed by atoms with Crippen LogP contribution in [0.5, 0.6) is 0 Å². The zero-order valence-corrected chi connectivity index (χ0v) is 12.1. The van der Waals surface area contributed by atoms with E-state index in [0.29, 0.717) is 17.0 Å². The van der Waals surface area contributed by atoms with Crippen molar-refractivity contribution in [2.75, 3.05) is 14.2 Å². The zero-order chi connectivity index (χ0) is 13.8. The molecule has 0 spiro atoms. The second kappa shape index (κ2) is 6.50. The van der Waals surface area contributed by atoms with Crippen molar-refractivity contribution < 1.29 is 9.13 Å². The second-order valence-corrected chi connectivity index (χ2v) is 5.02. The number of hydrogen-bond acceptors (Lipinski definition) is 2. The summed E-state index contributed by atoms with van der Waals surface area (Å²) in [4.78, 5) is 0. The lowest BCUT2D eigenvalue weighted by Crippen LogP contribution is -2.49. The van der Waals surface area contributed by atoms with E-state index in [4.69, 9.17) is 16.3 Å². The fourth-order valence-electron chi connectivity index (χ4n) is 2.09. The number of nitrogens with one attached hydrogen (secondary N) is 1. The molecule has 0 heterocycles. The van der Waals surface area contributed by atoms with Crippen LogP contribution < -0.4 is 5.32 Å². The van der Waals surface area contributed by atoms with E-state index in [0.717, 1.165) is 6.42 Å². The quantitative estimate of drug-likeness (QED) is 0.857. The van der Waals surface area contributed by atoms with E-state index in [1.54, 1.807) is 19.2 Å². The number of ether oxygens (including phenoxy) is 1. The standard InChI is InChI=1S/C14H21ClFNO/c1-5-14(2,18-4)13(17-3)9-10-11(15)7-6-8-12(10)16/h6-8,13,17H,5,9H2,1-4H3. The first-order valence-electron chi connectivity index (χ1n) is 6.13. The van der Waals surface area contributed by atoms with Gasteiger partial charge in [-0.25, -0.2) is 4.39 Å². The molecule has 2 unspecified atom stereocenters. The molecule has 2 nitrogen and oxygen atoms in total. The average Bonchev–Trinajstić information content (AvgIpc) is 2.37. The van der Waals surface area contributed by atoms with Crippen molar-refractivity contribution in [3.8, 4) is 0 Å². The first-order valence-corrected chi connectivity index (χ1v) is 6.51. The van der Waals surface area contributed by atoms with Crippen molar-refractivity contribution >= 4 is 11.6 Å². The molecule has 0 amide bonds. The van der Waals surface area contributed by atoms with E-state index in [9.17, 15) is 4.39 Å². The minimum Gasteiger partial charge on any atom is -0.377 e. The Morgan fingerprint density at radius 2 is 2.17 bits per heavy atom. The summed E-state index contributed by atoms with van der Waals surface area (Å²) < 4.78 is 19.4. The highest BCUT2D eigenvalue weighted by molar-refractivity contribution is 6.31. The van der Waals surface area contributed by atoms with Crippen molar-refractivity contribution in [2.24, 2.45) is 0 Å². The van der Waals surface area contributed by atoms with Crippen LogP contribution in [0.1, 0.15) is 25.8 Å². The molecule has 0 radical (unpaired) electrons. The van der Waals surface area contributed by atoms with Crippen LogP contribution in [0, 0.1) is 5.82 Å². The van der Waals surface area contributed by atoms with Gasteiger partial charge >= 0.3 is 0 Å². The van der Waals surface area contributed by atoms with Gasteiger partial charge in [-0.1, -0.05) is 24.6 Å². The van der Waals surface area contributed by atoms with Crippen LogP contribution in [0.15, 0.2) is 18.2 Å². The highest BCUT2D eigenvalue weighted by Gasteiger charge is 2.32. The number of halogens is 2. The van der Waals surface area contributed by atoms with Crippen LogP contribution in [0.2, 0.25) is 5.02 Å². The van der Waals surface area contributed by atoms with Gasteiger partial charge in [0.2, 0.25) is 0 Å². The molecule has 0 bridgehead atoms. The van der Waals surface area contributed by atoms with Gasteiger partial charge in [0, 0.05) is 23.7 Å². The number of likely N-dealkylation sites (N-methyl/N-ethyl adjacent to an activating group) is 1. The molecular formula is C14H21ClFNO. The summed E-state index contributed by atoms with van der Waals surface area (Å²) in [5, 5.41) is 3.66. The normalized spacial score (nSPS) is 16.3. The summed E-state index contributed by atoms with van der Waals surface area (Å²) in [5.74, 6) is -0.266. The Bertz CT molecular complexity index is 373. The van der Waals surface area contributed by atoms with Gasteiger partial charge in [0.25, 0.3) is 0 Å². The molecule has 0 aliphatic heterocycles. The first kappa shape index (κ1) is 15.4. The van der Waals surface area contributed by atoms with Gasteiger partial charge < -0.3 is 10.1 Å². The molecule has 18 heavy (non-hydrogen) atoms. The maximum absolute atomic E-state index is 13.8. The molecule has 0 saturated heterocycles. The van der Waals surface area contributed by atoms with Crippen molar-refractivity contribution in [3.63, 3.8) is 0 Å². The number of methoxy groups -OCH3 is 1. The van der Waals surface area contributed by atoms with Gasteiger partial charge in [-0.15, -0.1) is 0 Å². The number of benzene rings is 1. The van der Waals surface area contributed by atoms with E-state index in [1.165, 1.54) is 6.07 Å². The van der Waals surface area contributed by atoms with Crippen LogP contribution in [-0.4, -0.2) is 25.8 Å². The number of rotatable bonds is 6. The highest BCUT2D eigenvalue weighted by Crippen LogP contribution is 2.26. The maximum Gasteiger partial charge on any atom is 0.127 e. The van der Waals surface area contributed by atoms with E-state index >= 15 is 0 Å². The summed E-state index contributed by atoms with van der Waals surface area (Å²) in [7, 11) is 3.53. The van der Waals surface area contributed by atoms with Gasteiger partial charge in [-0.3, -0.25) is 0 Å². The van der Waals surface area contributed by atoms with Gasteiger partial charge in [0.1, 0.15) is 5.82 Å². The van der Waals surface area contributed by atoms with Crippen LogP contribution in [-0.2, 0) is 11.2 Å². The lowest BCUT2D eigenvalue weighted by molar-refractivity contribution is -0.0270. The average molecular weight is 274 g/mol. The summed E-state index contributed by atoms with van der Waals surface area (Å²) in [6, 6.07) is 4.76. The third-order valence-corrected chi connectivity index (χ3v) is 4.08. The zero-order valence-electron chi connectivity index (χ0n) is 11.4. The molecule has 0 saturated carbocycles. The molecule has 1 rings (SSSR count). The van der Waals surface area contributed by atoms with Crippen molar-refractivity contribution in [3.05, 3.63) is 34.6 Å². The smallest absolute Gasteiger partial charge is 0.127 e. The Morgan fingerprint density at radius 1 is 1.50 bits per heavy atom. The summed E-state index contributed by atoms with van der Waals surface area (Å²) in [6.45, 7) is 4.07. The van der Waals surface area contributed by atoms with Crippen molar-refractivity contribution in [2.45, 2.75) is 38.3 Å². The van der Waals surface area contributed by atoms with E-state index < -0.39 is 0 Å². The summed E-state index contributed by atoms with van der Waals surface area (Å²) in [5.41, 5.74) is 0.190. The second-order valence-electron chi connectivity index (χ2n) is 4.62. The predicted octanol–water partition coefficient (Wildman–Crippen LogP) is 3.42. The molecule has 102 valence electrons. The van der Waals surface area contributed by atoms with Crippen LogP contribution in [0.25, 0.3) is 0 Å². The minimum atomic E-state index is -0.347. The number of hydrogen-bond donors (Lipinski definition) is 1. The molecule has 1 aromatic rings. The van der Waals surface area contributed by atoms with E-state index in [1.807, 2.05) is 14.0 Å². The Labute approximate surface area is 113 Å². The maximum atomic E-state index is 13.8. The summed E-state index contributed by atoms with van der Waals surface area (Å²) >= 11 is 6.06. The van der Waals surface area contributed by atoms with Crippen LogP contribution in [0.4, 0.5) is 4.39 Å². The molecule has 0 aromatic heterocycles. The molecular weight excluding hydrogens is 253 g/mol. The SMILES string of the molecule is CCC(C)(OC)C(Cc1c(F)cccc1Cl)NC. The van der Waals surface area contributed by atoms with Gasteiger partial charge in [-0.2, -0.15) is 0 Å². The van der Waals surface area contributed by atoms with Gasteiger partial charge in [0.05, 0.1) is 5.60 Å². The third-order valence-electron chi connectivity index (χ3n) is 3.72. The Morgan fingerprint density at radius 3 is 2.61 bits per heavy atom. The molecule has 0 aliphatic carbocycles. The first-order chi connectivity index (χ1) is 8.48. The topological polar surface area (TPSA) is 21.3 Å². The fourth-order valence-corrected chi connectivity index (χ4v) is 2.33. The molecule has 1 aromatic carbocycles. The monoisotopic (exact) mass is 273 g/mol. The molecule has 4 heteroatoms. The van der Waals surface area contributed by atoms with Crippen molar-refractivity contribution in [1.82, 2.24) is 5.32 Å². The Balaban J connectivity index is 3.00. The largest absolute Gasteiger partial charge is 0.377 e. The predicted molar refractivity (Wildman–Crippen MR) is 73.7 cm³/mol. The molecule has 2 atom stereocenters. The third kappa shape index (κ3) is 3.22. The van der Waals surface area contributed by atoms with Gasteiger partial charge in [-0.05, 0) is 38.9 Å². The van der Waals surface area contributed by atoms with Crippen LogP contribution in [0.3, 0.4) is 0 Å². The summed E-state index contributed by atoms with van der Waals surface area (Å²) in [6.07, 6.45) is 1.33. The fraction of sp³-hybridized carbons (Fsp3) is 0.571. The molecule has 1 N–H and O–H groups in total. The lowest BCUT2D eigenvalue weighted by Gasteiger charge is -2.36.